The molecule has 0 bridgehead atoms. The van der Waals surface area contributed by atoms with Gasteiger partial charge in [-0.3, -0.25) is 4.98 Å². The van der Waals surface area contributed by atoms with Crippen molar-refractivity contribution >= 4 is 46.4 Å². The van der Waals surface area contributed by atoms with Crippen LogP contribution in [0, 0.1) is 59.3 Å². The Labute approximate surface area is 395 Å². The van der Waals surface area contributed by atoms with Crippen molar-refractivity contribution in [2.45, 2.75) is 81.1 Å². The number of pyridine rings is 2. The molecule has 0 fully saturated rings. The third-order valence-corrected chi connectivity index (χ3v) is 12.4. The summed E-state index contributed by atoms with van der Waals surface area (Å²) in [4.78, 5) is 14.1. The van der Waals surface area contributed by atoms with Crippen molar-refractivity contribution in [1.82, 2.24) is 19.5 Å². The second kappa shape index (κ2) is 17.5. The summed E-state index contributed by atoms with van der Waals surface area (Å²) in [6.45, 7) is 3.20. The molecule has 4 aromatic heterocycles. The van der Waals surface area contributed by atoms with Gasteiger partial charge in [-0.05, 0) is 110 Å². The second-order valence-corrected chi connectivity index (χ2v) is 21.4. The number of hydrogen-bond acceptors (Lipinski definition) is 4. The van der Waals surface area contributed by atoms with E-state index in [0.29, 0.717) is 49.8 Å². The molecule has 4 heterocycles. The van der Waals surface area contributed by atoms with Crippen molar-refractivity contribution in [2.75, 3.05) is 0 Å². The summed E-state index contributed by atoms with van der Waals surface area (Å²) in [5.74, 6) is 0.327. The summed E-state index contributed by atoms with van der Waals surface area (Å²) in [5.41, 5.74) is 6.56. The molecule has 0 spiro atoms. The van der Waals surface area contributed by atoms with Crippen LogP contribution in [-0.2, 0) is 26.5 Å². The van der Waals surface area contributed by atoms with Crippen LogP contribution in [0.5, 0.6) is 0 Å². The molecule has 0 unspecified atom stereocenters. The largest absolute Gasteiger partial charge is 0.486 e. The zero-order chi connectivity index (χ0) is 54.2. The van der Waals surface area contributed by atoms with Crippen LogP contribution in [0.2, 0.25) is 19.6 Å². The van der Waals surface area contributed by atoms with Crippen molar-refractivity contribution in [3.05, 3.63) is 161 Å². The first kappa shape index (κ1) is 28.9. The third-order valence-electron chi connectivity index (χ3n) is 10.4. The fourth-order valence-corrected chi connectivity index (χ4v) is 9.06. The van der Waals surface area contributed by atoms with Gasteiger partial charge in [-0.2, -0.15) is 0 Å². The summed E-state index contributed by atoms with van der Waals surface area (Å²) >= 11 is 0. The maximum Gasteiger partial charge on any atom is 0.216 e. The first-order valence-corrected chi connectivity index (χ1v) is 23.3. The van der Waals surface area contributed by atoms with Gasteiger partial charge in [0.1, 0.15) is 0 Å². The smallest absolute Gasteiger partial charge is 0.216 e. The van der Waals surface area contributed by atoms with E-state index in [-0.39, 0.29) is 65.2 Å². The standard InChI is InChI=1S/C35H28N3O.C19H26NSi.Ir/c1-20-16-23(4)31(24(5)17-20)25-18-28-26-12-9-13-27(33(26)39-35(28)36-19-25)34-37-29-14-6-7-15-30(29)38(34)32-21(2)10-8-11-22(32)3;1-14(2)12-17-13-18(21(4,5)6)15(3)20-19(17)16-10-8-7-9-11-16;/h6-12,14-19H,1-5H3;7-10,13-14H,12H2,1-6H3;/q2*-1;/i1D3,4D3,5D3;3D3,12D2;. The van der Waals surface area contributed by atoms with Crippen LogP contribution < -0.4 is 5.19 Å². The van der Waals surface area contributed by atoms with Crippen LogP contribution >= 0.6 is 0 Å². The Morgan fingerprint density at radius 3 is 2.21 bits per heavy atom. The van der Waals surface area contributed by atoms with Crippen molar-refractivity contribution in [3.8, 4) is 39.5 Å². The molecule has 0 saturated heterocycles. The molecule has 61 heavy (non-hydrogen) atoms. The molecule has 0 aliphatic heterocycles. The Bertz CT molecular complexity index is 3540. The van der Waals surface area contributed by atoms with Gasteiger partial charge in [0.15, 0.2) is 0 Å². The molecule has 0 saturated carbocycles. The Morgan fingerprint density at radius 2 is 1.54 bits per heavy atom. The SMILES string of the molecule is [2H]C([2H])([2H])c1cc(C([2H])([2H])[2H])c(-c2cnc3oc4c(-c5nc6ccccc6n5-c5c(C)cccc5C)[c-]ccc4c3c2)c(C([2H])([2H])[2H])c1.[2H]C([2H])([2H])c1nc(-c2[c-]cccc2)c(C([2H])([2H])C(C)C)cc1[Si](C)(C)C.[Ir]. The summed E-state index contributed by atoms with van der Waals surface area (Å²) < 4.78 is 123. The maximum atomic E-state index is 8.63. The molecular formula is C54H54IrN4OSi-2. The number of nitrogens with zero attached hydrogens (tertiary/aromatic N) is 4. The van der Waals surface area contributed by atoms with Crippen LogP contribution in [-0.4, -0.2) is 27.6 Å². The van der Waals surface area contributed by atoms with Gasteiger partial charge in [0.25, 0.3) is 0 Å². The summed E-state index contributed by atoms with van der Waals surface area (Å²) in [6.07, 6.45) is -0.275. The number of furan rings is 1. The predicted molar refractivity (Wildman–Crippen MR) is 254 cm³/mol. The zero-order valence-electron chi connectivity index (χ0n) is 49.0. The second-order valence-electron chi connectivity index (χ2n) is 16.3. The van der Waals surface area contributed by atoms with E-state index in [1.54, 1.807) is 36.4 Å². The monoisotopic (exact) mass is 1010 g/mol. The van der Waals surface area contributed by atoms with Gasteiger partial charge in [0.05, 0.1) is 30.5 Å². The van der Waals surface area contributed by atoms with Gasteiger partial charge in [0.2, 0.25) is 5.71 Å². The van der Waals surface area contributed by atoms with Crippen LogP contribution in [0.1, 0.15) is 72.1 Å². The van der Waals surface area contributed by atoms with Crippen molar-refractivity contribution in [1.29, 1.82) is 0 Å². The number of benzene rings is 5. The number of aromatic nitrogens is 4. The molecular weight excluding hydrogens is 941 g/mol. The molecule has 0 N–H and O–H groups in total. The van der Waals surface area contributed by atoms with Crippen molar-refractivity contribution in [2.24, 2.45) is 5.92 Å². The molecule has 5 nitrogen and oxygen atoms in total. The fraction of sp³-hybridized carbons (Fsp3) is 0.241. The molecule has 7 heteroatoms. The van der Waals surface area contributed by atoms with E-state index in [0.717, 1.165) is 40.0 Å². The first-order valence-electron chi connectivity index (χ1n) is 26.8. The predicted octanol–water partition coefficient (Wildman–Crippen LogP) is 13.6. The third kappa shape index (κ3) is 8.57. The van der Waals surface area contributed by atoms with Crippen LogP contribution in [0.4, 0.5) is 0 Å². The average molecular weight is 1010 g/mol. The Kier molecular flexibility index (Phi) is 8.30. The van der Waals surface area contributed by atoms with Gasteiger partial charge in [0, 0.05) is 67.8 Å². The van der Waals surface area contributed by atoms with E-state index in [4.69, 9.17) is 28.6 Å². The molecule has 0 amide bonds. The van der Waals surface area contributed by atoms with Crippen LogP contribution in [0.3, 0.4) is 0 Å². The van der Waals surface area contributed by atoms with E-state index in [9.17, 15) is 0 Å². The van der Waals surface area contributed by atoms with Gasteiger partial charge in [-0.25, -0.2) is 4.98 Å². The number of rotatable bonds is 7. The van der Waals surface area contributed by atoms with Gasteiger partial charge < -0.3 is 14.0 Å². The van der Waals surface area contributed by atoms with Crippen LogP contribution in [0.25, 0.3) is 72.6 Å². The minimum Gasteiger partial charge on any atom is -0.486 e. The Balaban J connectivity index is 0.000000258. The van der Waals surface area contributed by atoms with Gasteiger partial charge >= 0.3 is 0 Å². The van der Waals surface area contributed by atoms with E-state index in [1.807, 2.05) is 82.3 Å². The van der Waals surface area contributed by atoms with Gasteiger partial charge in [-0.1, -0.05) is 104 Å². The number of fused-ring (bicyclic) bond motifs is 4. The molecule has 5 aromatic carbocycles. The fourth-order valence-electron chi connectivity index (χ4n) is 7.71. The molecule has 0 aliphatic rings. The molecule has 1 radical (unpaired) electrons. The van der Waals surface area contributed by atoms with E-state index >= 15 is 0 Å². The number of hydrogen-bond donors (Lipinski definition) is 0. The van der Waals surface area contributed by atoms with E-state index in [1.165, 1.54) is 6.20 Å². The van der Waals surface area contributed by atoms with E-state index < -0.39 is 41.9 Å². The van der Waals surface area contributed by atoms with Crippen LogP contribution in [0.15, 0.2) is 114 Å². The summed E-state index contributed by atoms with van der Waals surface area (Å²) in [7, 11) is -2.06. The number of aryl methyl sites for hydroxylation is 6. The molecule has 311 valence electrons. The topological polar surface area (TPSA) is 56.7 Å². The summed E-state index contributed by atoms with van der Waals surface area (Å²) in [6, 6.07) is 36.5. The Morgan fingerprint density at radius 1 is 0.787 bits per heavy atom. The maximum absolute atomic E-state index is 8.63. The molecule has 0 atom stereocenters. The van der Waals surface area contributed by atoms with Gasteiger partial charge in [-0.15, -0.1) is 54.1 Å². The molecule has 0 aliphatic carbocycles. The van der Waals surface area contributed by atoms with E-state index in [2.05, 4.69) is 46.3 Å². The quantitative estimate of drug-likeness (QED) is 0.118. The van der Waals surface area contributed by atoms with Crippen molar-refractivity contribution in [3.63, 3.8) is 0 Å². The Hall–Kier alpha value is -5.46. The number of imidazole rings is 1. The molecule has 9 aromatic rings. The normalized spacial score (nSPS) is 16.1. The average Bonchev–Trinajstić information content (AvgIpc) is 3.88. The summed E-state index contributed by atoms with van der Waals surface area (Å²) in [5, 5.41) is 1.84. The molecule has 9 rings (SSSR count). The first-order chi connectivity index (χ1) is 34.3. The minimum atomic E-state index is -2.82. The van der Waals surface area contributed by atoms with Crippen molar-refractivity contribution < 1.29 is 43.7 Å². The number of para-hydroxylation sites is 3. The minimum absolute atomic E-state index is 0. The zero-order valence-corrected chi connectivity index (χ0v) is 38.4.